The first-order valence-corrected chi connectivity index (χ1v) is 8.13. The van der Waals surface area contributed by atoms with Gasteiger partial charge in [-0.25, -0.2) is 0 Å². The molecule has 2 rings (SSSR count). The molecule has 0 aromatic heterocycles. The van der Waals surface area contributed by atoms with E-state index in [0.717, 1.165) is 0 Å². The summed E-state index contributed by atoms with van der Waals surface area (Å²) in [6.07, 6.45) is 0. The number of halogens is 1. The molecule has 2 aromatic rings. The average molecular weight is 353 g/mol. The molecule has 18 heavy (non-hydrogen) atoms. The van der Waals surface area contributed by atoms with Crippen molar-refractivity contribution in [1.82, 2.24) is 0 Å². The van der Waals surface area contributed by atoms with Gasteiger partial charge >= 0.3 is 120 Å². The van der Waals surface area contributed by atoms with E-state index >= 15 is 0 Å². The summed E-state index contributed by atoms with van der Waals surface area (Å²) in [7, 11) is 1.75. The van der Waals surface area contributed by atoms with Crippen LogP contribution in [0.3, 0.4) is 0 Å². The zero-order valence-corrected chi connectivity index (χ0v) is 13.1. The van der Waals surface area contributed by atoms with Gasteiger partial charge in [0.2, 0.25) is 0 Å². The van der Waals surface area contributed by atoms with Crippen molar-refractivity contribution in [3.05, 3.63) is 67.3 Å². The van der Waals surface area contributed by atoms with Gasteiger partial charge in [-0.2, -0.15) is 0 Å². The summed E-state index contributed by atoms with van der Waals surface area (Å²) in [4.78, 5) is 0. The summed E-state index contributed by atoms with van der Waals surface area (Å²) < 4.78 is 8.39. The molecule has 0 bridgehead atoms. The molecule has 2 aromatic carbocycles. The molecule has 0 atom stereocenters. The van der Waals surface area contributed by atoms with Crippen LogP contribution in [-0.2, 0) is 10.3 Å². The van der Waals surface area contributed by atoms with Crippen LogP contribution in [0.2, 0.25) is 0 Å². The van der Waals surface area contributed by atoms with Crippen LogP contribution in [0.4, 0.5) is 0 Å². The Bertz CT molecular complexity index is 488. The number of methoxy groups -OCH3 is 1. The zero-order valence-electron chi connectivity index (χ0n) is 11.0. The van der Waals surface area contributed by atoms with Gasteiger partial charge in [0.1, 0.15) is 0 Å². The van der Waals surface area contributed by atoms with E-state index in [0.29, 0.717) is 0 Å². The second-order valence-electron chi connectivity index (χ2n) is 4.61. The van der Waals surface area contributed by atoms with E-state index in [2.05, 4.69) is 68.4 Å². The van der Waals surface area contributed by atoms with E-state index in [1.807, 2.05) is 0 Å². The topological polar surface area (TPSA) is 9.23 Å². The fraction of sp³-hybridized carbons (Fsp3) is 0.250. The molecular formula is C16H18IO-. The van der Waals surface area contributed by atoms with Gasteiger partial charge in [-0.05, 0) is 0 Å². The molecule has 0 radical (unpaired) electrons. The minimum atomic E-state index is -0.205. The molecule has 0 aliphatic heterocycles. The molecule has 0 spiro atoms. The minimum absolute atomic E-state index is 0.0661. The molecule has 2 heteroatoms. The van der Waals surface area contributed by atoms with Gasteiger partial charge < -0.3 is 0 Å². The number of benzene rings is 2. The van der Waals surface area contributed by atoms with Gasteiger partial charge in [0.25, 0.3) is 0 Å². The number of hydrogen-bond acceptors (Lipinski definition) is 1. The van der Waals surface area contributed by atoms with Gasteiger partial charge in [0, 0.05) is 0 Å². The summed E-state index contributed by atoms with van der Waals surface area (Å²) in [6.45, 7) is 4.18. The van der Waals surface area contributed by atoms with E-state index in [4.69, 9.17) is 4.74 Å². The van der Waals surface area contributed by atoms with Crippen molar-refractivity contribution in [3.63, 3.8) is 0 Å². The van der Waals surface area contributed by atoms with Crippen LogP contribution in [0, 0.1) is 7.14 Å². The fourth-order valence-electron chi connectivity index (χ4n) is 1.64. The molecule has 0 N–H and O–H groups in total. The SMILES string of the molecule is COC(C)(C)c1ccc([I-]c2ccccc2)cc1. The first-order valence-electron chi connectivity index (χ1n) is 5.97. The van der Waals surface area contributed by atoms with Crippen LogP contribution in [0.5, 0.6) is 0 Å². The van der Waals surface area contributed by atoms with Gasteiger partial charge in [-0.15, -0.1) is 0 Å². The Hall–Kier alpha value is -0.870. The molecule has 96 valence electrons. The van der Waals surface area contributed by atoms with E-state index in [1.165, 1.54) is 12.7 Å². The summed E-state index contributed by atoms with van der Waals surface area (Å²) in [5.41, 5.74) is 1.02. The first kappa shape index (κ1) is 13.6. The third kappa shape index (κ3) is 3.33. The van der Waals surface area contributed by atoms with Crippen molar-refractivity contribution in [2.75, 3.05) is 7.11 Å². The predicted molar refractivity (Wildman–Crippen MR) is 70.3 cm³/mol. The Morgan fingerprint density at radius 3 is 1.94 bits per heavy atom. The third-order valence-corrected chi connectivity index (χ3v) is 5.69. The predicted octanol–water partition coefficient (Wildman–Crippen LogP) is 0.696. The van der Waals surface area contributed by atoms with Crippen molar-refractivity contribution >= 4 is 0 Å². The monoisotopic (exact) mass is 353 g/mol. The van der Waals surface area contributed by atoms with Crippen molar-refractivity contribution in [3.8, 4) is 0 Å². The van der Waals surface area contributed by atoms with Crippen LogP contribution in [0.1, 0.15) is 19.4 Å². The molecule has 0 aliphatic rings. The Labute approximate surface area is 119 Å². The van der Waals surface area contributed by atoms with Gasteiger partial charge in [0.15, 0.2) is 0 Å². The number of rotatable bonds is 4. The normalized spacial score (nSPS) is 11.7. The standard InChI is InChI=1S/C16H18IO/c1-16(2,18-3)13-9-11-15(12-10-13)17-14-7-5-4-6-8-14/h4-12H,1-3H3/q-1. The summed E-state index contributed by atoms with van der Waals surface area (Å²) >= 11 is -0.0661. The molecule has 0 saturated heterocycles. The maximum absolute atomic E-state index is 5.49. The Balaban J connectivity index is 2.14. The molecule has 0 aliphatic carbocycles. The molecule has 0 amide bonds. The molecule has 1 nitrogen and oxygen atoms in total. The average Bonchev–Trinajstić information content (AvgIpc) is 2.40. The first-order chi connectivity index (χ1) is 8.62. The molecule has 0 unspecified atom stereocenters. The van der Waals surface area contributed by atoms with Crippen molar-refractivity contribution in [2.45, 2.75) is 19.4 Å². The summed E-state index contributed by atoms with van der Waals surface area (Å²) in [6, 6.07) is 19.5. The molecular weight excluding hydrogens is 335 g/mol. The number of ether oxygens (including phenoxy) is 1. The Morgan fingerprint density at radius 2 is 1.39 bits per heavy atom. The van der Waals surface area contributed by atoms with E-state index < -0.39 is 0 Å². The second-order valence-corrected chi connectivity index (χ2v) is 7.64. The molecule has 0 fully saturated rings. The Morgan fingerprint density at radius 1 is 0.833 bits per heavy atom. The zero-order chi connectivity index (χ0) is 13.0. The van der Waals surface area contributed by atoms with Crippen LogP contribution in [-0.4, -0.2) is 7.11 Å². The summed E-state index contributed by atoms with van der Waals surface area (Å²) in [5.74, 6) is 0. The van der Waals surface area contributed by atoms with E-state index in [1.54, 1.807) is 7.11 Å². The van der Waals surface area contributed by atoms with Crippen LogP contribution in [0.25, 0.3) is 0 Å². The second kappa shape index (κ2) is 5.85. The van der Waals surface area contributed by atoms with Crippen LogP contribution in [0.15, 0.2) is 54.6 Å². The summed E-state index contributed by atoms with van der Waals surface area (Å²) in [5, 5.41) is 0. The van der Waals surface area contributed by atoms with Gasteiger partial charge in [-0.3, -0.25) is 0 Å². The third-order valence-electron chi connectivity index (χ3n) is 3.00. The van der Waals surface area contributed by atoms with E-state index in [-0.39, 0.29) is 26.8 Å². The van der Waals surface area contributed by atoms with Crippen molar-refractivity contribution in [2.24, 2.45) is 0 Å². The van der Waals surface area contributed by atoms with Crippen LogP contribution >= 0.6 is 0 Å². The quantitative estimate of drug-likeness (QED) is 0.736. The van der Waals surface area contributed by atoms with Gasteiger partial charge in [0.05, 0.1) is 0 Å². The van der Waals surface area contributed by atoms with E-state index in [9.17, 15) is 0 Å². The fourth-order valence-corrected chi connectivity index (χ4v) is 3.85. The Kier molecular flexibility index (Phi) is 4.40. The van der Waals surface area contributed by atoms with Crippen molar-refractivity contribution < 1.29 is 25.9 Å². The van der Waals surface area contributed by atoms with Crippen LogP contribution < -0.4 is 21.2 Å². The number of hydrogen-bond donors (Lipinski definition) is 0. The molecule has 0 heterocycles. The van der Waals surface area contributed by atoms with Crippen molar-refractivity contribution in [1.29, 1.82) is 0 Å². The maximum atomic E-state index is 5.49. The molecule has 0 saturated carbocycles. The van der Waals surface area contributed by atoms with Gasteiger partial charge in [-0.1, -0.05) is 0 Å².